The molecule has 1 aliphatic carbocycles. The maximum Gasteiger partial charge on any atom is 0.417 e. The SMILES string of the molecule is CC(C)(C)OC(=O)NC(=N)N(CCC[C@@H](NC(=O)OCC1c2ccccc2-c2ccccc21)C(=O)O)C(=O)OC(C)(C)C. The van der Waals surface area contributed by atoms with Crippen LogP contribution in [0.2, 0.25) is 0 Å². The van der Waals surface area contributed by atoms with Crippen molar-refractivity contribution < 1.29 is 38.5 Å². The Morgan fingerprint density at radius 1 is 0.884 bits per heavy atom. The van der Waals surface area contributed by atoms with Crippen LogP contribution in [-0.2, 0) is 19.0 Å². The van der Waals surface area contributed by atoms with Gasteiger partial charge in [0, 0.05) is 12.5 Å². The van der Waals surface area contributed by atoms with E-state index in [1.807, 2.05) is 48.5 Å². The van der Waals surface area contributed by atoms with Crippen LogP contribution in [-0.4, -0.2) is 70.6 Å². The van der Waals surface area contributed by atoms with E-state index in [4.69, 9.17) is 19.6 Å². The molecule has 0 unspecified atom stereocenters. The zero-order valence-corrected chi connectivity index (χ0v) is 25.4. The number of carboxylic acid groups (broad SMARTS) is 1. The number of fused-ring (bicyclic) bond motifs is 3. The minimum Gasteiger partial charge on any atom is -0.480 e. The zero-order valence-electron chi connectivity index (χ0n) is 25.4. The highest BCUT2D eigenvalue weighted by molar-refractivity contribution is 5.99. The lowest BCUT2D eigenvalue weighted by Gasteiger charge is -2.28. The van der Waals surface area contributed by atoms with Crippen LogP contribution in [0, 0.1) is 5.41 Å². The highest BCUT2D eigenvalue weighted by Crippen LogP contribution is 2.44. The highest BCUT2D eigenvalue weighted by Gasteiger charge is 2.31. The predicted molar refractivity (Wildman–Crippen MR) is 159 cm³/mol. The average molecular weight is 597 g/mol. The number of nitrogens with one attached hydrogen (secondary N) is 3. The summed E-state index contributed by atoms with van der Waals surface area (Å²) in [6, 6.07) is 14.4. The lowest BCUT2D eigenvalue weighted by atomic mass is 9.98. The molecule has 0 saturated heterocycles. The molecule has 0 aliphatic heterocycles. The van der Waals surface area contributed by atoms with Crippen LogP contribution in [0.4, 0.5) is 14.4 Å². The van der Waals surface area contributed by atoms with Gasteiger partial charge in [0.05, 0.1) is 0 Å². The molecule has 0 heterocycles. The quantitative estimate of drug-likeness (QED) is 0.177. The van der Waals surface area contributed by atoms with Gasteiger partial charge in [-0.2, -0.15) is 0 Å². The van der Waals surface area contributed by atoms with Gasteiger partial charge in [-0.1, -0.05) is 48.5 Å². The molecule has 0 fully saturated rings. The molecule has 232 valence electrons. The Bertz CT molecular complexity index is 1320. The third kappa shape index (κ3) is 9.45. The van der Waals surface area contributed by atoms with Crippen molar-refractivity contribution in [2.45, 2.75) is 77.5 Å². The monoisotopic (exact) mass is 596 g/mol. The van der Waals surface area contributed by atoms with Crippen molar-refractivity contribution in [3.8, 4) is 11.1 Å². The van der Waals surface area contributed by atoms with E-state index in [-0.39, 0.29) is 31.9 Å². The minimum absolute atomic E-state index is 0.0200. The Morgan fingerprint density at radius 2 is 1.42 bits per heavy atom. The summed E-state index contributed by atoms with van der Waals surface area (Å²) in [4.78, 5) is 50.5. The van der Waals surface area contributed by atoms with Gasteiger partial charge in [-0.25, -0.2) is 24.1 Å². The van der Waals surface area contributed by atoms with Gasteiger partial charge in [0.15, 0.2) is 0 Å². The summed E-state index contributed by atoms with van der Waals surface area (Å²) in [6.07, 6.45) is -2.80. The largest absolute Gasteiger partial charge is 0.480 e. The molecule has 0 bridgehead atoms. The highest BCUT2D eigenvalue weighted by atomic mass is 16.6. The fourth-order valence-corrected chi connectivity index (χ4v) is 4.57. The molecule has 0 spiro atoms. The van der Waals surface area contributed by atoms with Crippen LogP contribution in [0.1, 0.15) is 71.4 Å². The van der Waals surface area contributed by atoms with Crippen LogP contribution in [0.25, 0.3) is 11.1 Å². The van der Waals surface area contributed by atoms with Gasteiger partial charge in [-0.3, -0.25) is 10.7 Å². The number of aliphatic carboxylic acids is 1. The number of alkyl carbamates (subject to hydrolysis) is 2. The van der Waals surface area contributed by atoms with Gasteiger partial charge in [-0.15, -0.1) is 0 Å². The standard InChI is InChI=1S/C31H40N4O8/c1-30(2,3)42-28(39)34-26(32)35(29(40)43-31(4,5)6)17-11-16-24(25(36)37)33-27(38)41-18-23-21-14-9-7-12-19(21)20-13-8-10-15-22(20)23/h7-10,12-15,23-24H,11,16-18H2,1-6H3,(H,33,38)(H,36,37)(H2,32,34,39)/t24-/m1/s1. The van der Waals surface area contributed by atoms with Crippen LogP contribution >= 0.6 is 0 Å². The van der Waals surface area contributed by atoms with E-state index in [0.29, 0.717) is 0 Å². The van der Waals surface area contributed by atoms with E-state index in [2.05, 4.69) is 10.6 Å². The van der Waals surface area contributed by atoms with Crippen molar-refractivity contribution in [2.24, 2.45) is 0 Å². The Hall–Kier alpha value is -4.61. The summed E-state index contributed by atoms with van der Waals surface area (Å²) in [6.45, 7) is 9.73. The molecule has 2 aromatic rings. The van der Waals surface area contributed by atoms with E-state index >= 15 is 0 Å². The van der Waals surface area contributed by atoms with E-state index in [0.717, 1.165) is 27.2 Å². The third-order valence-corrected chi connectivity index (χ3v) is 6.31. The van der Waals surface area contributed by atoms with Crippen molar-refractivity contribution in [1.29, 1.82) is 5.41 Å². The number of rotatable bonds is 8. The number of carboxylic acids is 1. The van der Waals surface area contributed by atoms with E-state index < -0.39 is 47.5 Å². The first-order chi connectivity index (χ1) is 20.1. The summed E-state index contributed by atoms with van der Waals surface area (Å²) in [5.74, 6) is -2.08. The molecule has 43 heavy (non-hydrogen) atoms. The first-order valence-corrected chi connectivity index (χ1v) is 14.0. The Kier molecular flexibility index (Phi) is 10.4. The maximum atomic E-state index is 12.8. The number of amides is 3. The van der Waals surface area contributed by atoms with Gasteiger partial charge in [0.2, 0.25) is 5.96 Å². The number of guanidine groups is 1. The van der Waals surface area contributed by atoms with Crippen molar-refractivity contribution in [1.82, 2.24) is 15.5 Å². The van der Waals surface area contributed by atoms with Crippen LogP contribution < -0.4 is 10.6 Å². The molecule has 0 radical (unpaired) electrons. The first-order valence-electron chi connectivity index (χ1n) is 14.0. The molecule has 12 heteroatoms. The summed E-state index contributed by atoms with van der Waals surface area (Å²) >= 11 is 0. The number of carbonyl (C=O) groups excluding carboxylic acids is 3. The normalized spacial score (nSPS) is 13.2. The minimum atomic E-state index is -1.33. The van der Waals surface area contributed by atoms with Gasteiger partial charge < -0.3 is 24.6 Å². The van der Waals surface area contributed by atoms with Crippen molar-refractivity contribution >= 4 is 30.2 Å². The zero-order chi connectivity index (χ0) is 31.9. The topological polar surface area (TPSA) is 167 Å². The van der Waals surface area contributed by atoms with Gasteiger partial charge >= 0.3 is 24.2 Å². The fourth-order valence-electron chi connectivity index (χ4n) is 4.57. The Labute approximate surface area is 251 Å². The molecule has 0 saturated carbocycles. The second-order valence-corrected chi connectivity index (χ2v) is 12.1. The molecule has 12 nitrogen and oxygen atoms in total. The number of nitrogens with zero attached hydrogens (tertiary/aromatic N) is 1. The predicted octanol–water partition coefficient (Wildman–Crippen LogP) is 5.46. The summed E-state index contributed by atoms with van der Waals surface area (Å²) in [5.41, 5.74) is 2.46. The Morgan fingerprint density at radius 3 is 1.93 bits per heavy atom. The molecule has 0 aromatic heterocycles. The lowest BCUT2D eigenvalue weighted by molar-refractivity contribution is -0.139. The summed E-state index contributed by atoms with van der Waals surface area (Å²) in [7, 11) is 0. The van der Waals surface area contributed by atoms with Crippen molar-refractivity contribution in [2.75, 3.05) is 13.2 Å². The number of benzene rings is 2. The number of hydrogen-bond acceptors (Lipinski definition) is 8. The van der Waals surface area contributed by atoms with Crippen molar-refractivity contribution in [3.63, 3.8) is 0 Å². The van der Waals surface area contributed by atoms with Crippen LogP contribution in [0.3, 0.4) is 0 Å². The van der Waals surface area contributed by atoms with E-state index in [9.17, 15) is 24.3 Å². The number of ether oxygens (including phenoxy) is 3. The first kappa shape index (κ1) is 32.9. The molecule has 3 rings (SSSR count). The van der Waals surface area contributed by atoms with E-state index in [1.54, 1.807) is 41.5 Å². The molecule has 1 aliphatic rings. The second-order valence-electron chi connectivity index (χ2n) is 12.1. The molecule has 1 atom stereocenters. The molecule has 3 amide bonds. The van der Waals surface area contributed by atoms with Crippen molar-refractivity contribution in [3.05, 3.63) is 59.7 Å². The molecule has 4 N–H and O–H groups in total. The molecular formula is C31H40N4O8. The van der Waals surface area contributed by atoms with Gasteiger partial charge in [0.25, 0.3) is 0 Å². The van der Waals surface area contributed by atoms with Gasteiger partial charge in [0.1, 0.15) is 23.9 Å². The molecule has 2 aromatic carbocycles. The molecular weight excluding hydrogens is 556 g/mol. The van der Waals surface area contributed by atoms with E-state index in [1.165, 1.54) is 0 Å². The number of hydrogen-bond donors (Lipinski definition) is 4. The third-order valence-electron chi connectivity index (χ3n) is 6.31. The Balaban J connectivity index is 1.60. The van der Waals surface area contributed by atoms with Crippen LogP contribution in [0.5, 0.6) is 0 Å². The smallest absolute Gasteiger partial charge is 0.417 e. The summed E-state index contributed by atoms with van der Waals surface area (Å²) in [5, 5.41) is 22.6. The summed E-state index contributed by atoms with van der Waals surface area (Å²) < 4.78 is 16.0. The average Bonchev–Trinajstić information content (AvgIpc) is 3.20. The number of carbonyl (C=O) groups is 4. The maximum absolute atomic E-state index is 12.8. The second kappa shape index (κ2) is 13.6. The lowest BCUT2D eigenvalue weighted by Crippen LogP contribution is -2.50. The van der Waals surface area contributed by atoms with Gasteiger partial charge in [-0.05, 0) is 76.6 Å². The van der Waals surface area contributed by atoms with Crippen LogP contribution in [0.15, 0.2) is 48.5 Å². The fraction of sp³-hybridized carbons (Fsp3) is 0.452.